The summed E-state index contributed by atoms with van der Waals surface area (Å²) in [6.45, 7) is 7.65. The molecule has 1 N–H and O–H groups in total. The highest BCUT2D eigenvalue weighted by Crippen LogP contribution is 2.23. The molecule has 0 saturated carbocycles. The van der Waals surface area contributed by atoms with Gasteiger partial charge in [0.15, 0.2) is 0 Å². The van der Waals surface area contributed by atoms with Gasteiger partial charge in [0.25, 0.3) is 0 Å². The zero-order chi connectivity index (χ0) is 13.2. The second-order valence-corrected chi connectivity index (χ2v) is 8.81. The van der Waals surface area contributed by atoms with Crippen LogP contribution in [0.3, 0.4) is 0 Å². The Bertz CT molecular complexity index is 316. The van der Waals surface area contributed by atoms with Crippen LogP contribution < -0.4 is 4.72 Å². The van der Waals surface area contributed by atoms with Crippen LogP contribution in [0.1, 0.15) is 40.5 Å². The van der Waals surface area contributed by atoms with Crippen molar-refractivity contribution in [1.82, 2.24) is 4.72 Å². The summed E-state index contributed by atoms with van der Waals surface area (Å²) in [7, 11) is -1.13. The number of rotatable bonds is 3. The fourth-order valence-electron chi connectivity index (χ4n) is 1.48. The van der Waals surface area contributed by atoms with Crippen LogP contribution in [0.25, 0.3) is 0 Å². The molecule has 0 amide bonds. The van der Waals surface area contributed by atoms with Gasteiger partial charge in [-0.3, -0.25) is 4.79 Å². The highest BCUT2D eigenvalue weighted by atomic mass is 127. The number of ether oxygens (including phenoxy) is 1. The minimum Gasteiger partial charge on any atom is -0.460 e. The molecule has 0 aromatic rings. The van der Waals surface area contributed by atoms with Crippen molar-refractivity contribution in [3.05, 3.63) is 0 Å². The molecule has 0 spiro atoms. The molecular weight excluding hydrogens is 353 g/mol. The van der Waals surface area contributed by atoms with E-state index in [9.17, 15) is 9.00 Å². The van der Waals surface area contributed by atoms with Crippen LogP contribution >= 0.6 is 22.6 Å². The summed E-state index contributed by atoms with van der Waals surface area (Å²) in [5, 5.41) is 0. The van der Waals surface area contributed by atoms with E-state index in [2.05, 4.69) is 27.3 Å². The van der Waals surface area contributed by atoms with Crippen molar-refractivity contribution in [2.45, 2.75) is 61.4 Å². The lowest BCUT2D eigenvalue weighted by Crippen LogP contribution is -2.48. The standard InChI is InChI=1S/C11H20INO3S/c1-7(13-17(15)11(2,3)4)9-6-5-8(12)10(14)16-9/h7-9,13H,5-6H2,1-4H3/t7-,8?,9+,17+/m1/s1. The number of alkyl halides is 1. The SMILES string of the molecule is C[C@@H](N[S@@](=O)C(C)(C)C)[C@@H]1CCC(I)C(=O)O1. The number of halogens is 1. The molecule has 1 rings (SSSR count). The van der Waals surface area contributed by atoms with Crippen molar-refractivity contribution in [1.29, 1.82) is 0 Å². The summed E-state index contributed by atoms with van der Waals surface area (Å²) in [5.41, 5.74) is 0. The van der Waals surface area contributed by atoms with Gasteiger partial charge in [-0.25, -0.2) is 8.93 Å². The van der Waals surface area contributed by atoms with E-state index in [0.717, 1.165) is 12.8 Å². The zero-order valence-electron chi connectivity index (χ0n) is 10.7. The number of nitrogens with one attached hydrogen (secondary N) is 1. The Morgan fingerprint density at radius 2 is 2.06 bits per heavy atom. The van der Waals surface area contributed by atoms with E-state index >= 15 is 0 Å². The topological polar surface area (TPSA) is 55.4 Å². The smallest absolute Gasteiger partial charge is 0.319 e. The maximum absolute atomic E-state index is 11.9. The lowest BCUT2D eigenvalue weighted by atomic mass is 10.0. The molecule has 1 heterocycles. The first-order valence-corrected chi connectivity index (χ1v) is 8.14. The van der Waals surface area contributed by atoms with Gasteiger partial charge in [-0.15, -0.1) is 0 Å². The van der Waals surface area contributed by atoms with Gasteiger partial charge < -0.3 is 4.74 Å². The third kappa shape index (κ3) is 4.48. The van der Waals surface area contributed by atoms with Crippen molar-refractivity contribution >= 4 is 39.5 Å². The molecule has 1 aliphatic rings. The molecule has 0 aromatic heterocycles. The van der Waals surface area contributed by atoms with Crippen molar-refractivity contribution in [3.63, 3.8) is 0 Å². The monoisotopic (exact) mass is 373 g/mol. The number of hydrogen-bond acceptors (Lipinski definition) is 3. The average molecular weight is 373 g/mol. The summed E-state index contributed by atoms with van der Waals surface area (Å²) in [5.74, 6) is -0.156. The highest BCUT2D eigenvalue weighted by molar-refractivity contribution is 14.1. The first-order valence-electron chi connectivity index (χ1n) is 5.74. The fraction of sp³-hybridized carbons (Fsp3) is 0.909. The number of carbonyl (C=O) groups excluding carboxylic acids is 1. The van der Waals surface area contributed by atoms with E-state index in [0.29, 0.717) is 0 Å². The van der Waals surface area contributed by atoms with E-state index in [1.54, 1.807) is 0 Å². The predicted octanol–water partition coefficient (Wildman–Crippen LogP) is 1.94. The molecule has 0 aromatic carbocycles. The summed E-state index contributed by atoms with van der Waals surface area (Å²) < 4.78 is 19.9. The predicted molar refractivity (Wildman–Crippen MR) is 77.4 cm³/mol. The molecule has 1 saturated heterocycles. The lowest BCUT2D eigenvalue weighted by molar-refractivity contribution is -0.153. The number of carbonyl (C=O) groups is 1. The van der Waals surface area contributed by atoms with Crippen LogP contribution in [0.4, 0.5) is 0 Å². The normalized spacial score (nSPS) is 29.6. The molecule has 0 aliphatic carbocycles. The fourth-order valence-corrected chi connectivity index (χ4v) is 2.83. The van der Waals surface area contributed by atoms with Crippen LogP contribution in [-0.4, -0.2) is 31.0 Å². The highest BCUT2D eigenvalue weighted by Gasteiger charge is 2.33. The zero-order valence-corrected chi connectivity index (χ0v) is 13.6. The Morgan fingerprint density at radius 3 is 2.53 bits per heavy atom. The van der Waals surface area contributed by atoms with Crippen molar-refractivity contribution in [3.8, 4) is 0 Å². The first-order chi connectivity index (χ1) is 7.71. The summed E-state index contributed by atoms with van der Waals surface area (Å²) >= 11 is 2.10. The molecule has 0 bridgehead atoms. The van der Waals surface area contributed by atoms with E-state index in [-0.39, 0.29) is 26.8 Å². The molecule has 1 unspecified atom stereocenters. The average Bonchev–Trinajstić information content (AvgIpc) is 2.20. The molecular formula is C11H20INO3S. The van der Waals surface area contributed by atoms with Gasteiger partial charge in [-0.05, 0) is 40.5 Å². The lowest BCUT2D eigenvalue weighted by Gasteiger charge is -2.31. The largest absolute Gasteiger partial charge is 0.460 e. The Kier molecular flexibility index (Phi) is 5.39. The van der Waals surface area contributed by atoms with E-state index in [1.807, 2.05) is 27.7 Å². The molecule has 17 heavy (non-hydrogen) atoms. The van der Waals surface area contributed by atoms with E-state index < -0.39 is 11.0 Å². The van der Waals surface area contributed by atoms with E-state index in [1.165, 1.54) is 0 Å². The minimum atomic E-state index is -1.13. The molecule has 100 valence electrons. The first kappa shape index (κ1) is 15.4. The van der Waals surface area contributed by atoms with Crippen molar-refractivity contribution < 1.29 is 13.7 Å². The van der Waals surface area contributed by atoms with Crippen molar-refractivity contribution in [2.24, 2.45) is 0 Å². The Morgan fingerprint density at radius 1 is 1.47 bits per heavy atom. The van der Waals surface area contributed by atoms with Gasteiger partial charge in [0, 0.05) is 0 Å². The molecule has 4 nitrogen and oxygen atoms in total. The summed E-state index contributed by atoms with van der Waals surface area (Å²) in [6, 6.07) is -0.0806. The molecule has 1 fully saturated rings. The van der Waals surface area contributed by atoms with Gasteiger partial charge in [0.1, 0.15) is 10.0 Å². The number of cyclic esters (lactones) is 1. The Labute approximate surface area is 119 Å². The third-order valence-corrected chi connectivity index (χ3v) is 5.46. The van der Waals surface area contributed by atoms with Crippen LogP contribution in [0.5, 0.6) is 0 Å². The quantitative estimate of drug-likeness (QED) is 0.467. The Hall–Kier alpha value is 0.310. The van der Waals surface area contributed by atoms with Crippen LogP contribution in [0.2, 0.25) is 0 Å². The molecule has 6 heteroatoms. The summed E-state index contributed by atoms with van der Waals surface area (Å²) in [4.78, 5) is 11.5. The van der Waals surface area contributed by atoms with Crippen LogP contribution in [-0.2, 0) is 20.5 Å². The van der Waals surface area contributed by atoms with Crippen molar-refractivity contribution in [2.75, 3.05) is 0 Å². The maximum atomic E-state index is 11.9. The number of hydrogen-bond donors (Lipinski definition) is 1. The Balaban J connectivity index is 2.51. The van der Waals surface area contributed by atoms with Gasteiger partial charge in [0.05, 0.1) is 21.8 Å². The second-order valence-electron chi connectivity index (χ2n) is 5.31. The van der Waals surface area contributed by atoms with Gasteiger partial charge in [0.2, 0.25) is 0 Å². The molecule has 1 aliphatic heterocycles. The molecule has 4 atom stereocenters. The second kappa shape index (κ2) is 5.97. The summed E-state index contributed by atoms with van der Waals surface area (Å²) in [6.07, 6.45) is 1.49. The number of esters is 1. The maximum Gasteiger partial charge on any atom is 0.319 e. The molecule has 0 radical (unpaired) electrons. The van der Waals surface area contributed by atoms with Crippen LogP contribution in [0, 0.1) is 0 Å². The van der Waals surface area contributed by atoms with Gasteiger partial charge >= 0.3 is 5.97 Å². The minimum absolute atomic E-state index is 0.0378. The van der Waals surface area contributed by atoms with Crippen LogP contribution in [0.15, 0.2) is 0 Å². The third-order valence-electron chi connectivity index (χ3n) is 2.63. The van der Waals surface area contributed by atoms with Gasteiger partial charge in [-0.2, -0.15) is 0 Å². The van der Waals surface area contributed by atoms with Gasteiger partial charge in [-0.1, -0.05) is 22.6 Å². The van der Waals surface area contributed by atoms with E-state index in [4.69, 9.17) is 4.74 Å².